The number of anilines is 3. The van der Waals surface area contributed by atoms with Crippen LogP contribution in [0.15, 0.2) is 73.1 Å². The number of aromatic nitrogens is 2. The molecule has 2 aromatic heterocycles. The number of nitrogens with one attached hydrogen (secondary N) is 2. The smallest absolute Gasteiger partial charge is 0.248 e. The van der Waals surface area contributed by atoms with Crippen LogP contribution in [0.1, 0.15) is 18.2 Å². The highest BCUT2D eigenvalue weighted by molar-refractivity contribution is 7.90. The Morgan fingerprint density at radius 2 is 1.95 bits per heavy atom. The molecule has 4 rings (SSSR count). The number of fused-ring (bicyclic) bond motifs is 1. The van der Waals surface area contributed by atoms with Crippen molar-refractivity contribution in [2.75, 3.05) is 29.2 Å². The number of benzene rings is 2. The predicted octanol–water partition coefficient (Wildman–Crippen LogP) is 5.42. The van der Waals surface area contributed by atoms with Crippen LogP contribution in [0.3, 0.4) is 0 Å². The summed E-state index contributed by atoms with van der Waals surface area (Å²) in [5.41, 5.74) is 2.90. The summed E-state index contributed by atoms with van der Waals surface area (Å²) in [4.78, 5) is 21.2. The normalized spacial score (nSPS) is 11.3. The monoisotopic (exact) mass is 591 g/mol. The molecule has 0 atom stereocenters. The van der Waals surface area contributed by atoms with E-state index >= 15 is 0 Å². The minimum absolute atomic E-state index is 0.251. The first kappa shape index (κ1) is 29.3. The third-order valence-electron chi connectivity index (χ3n) is 5.62. The van der Waals surface area contributed by atoms with E-state index in [1.807, 2.05) is 18.2 Å². The van der Waals surface area contributed by atoms with Crippen molar-refractivity contribution in [1.29, 1.82) is 5.26 Å². The number of ether oxygens (including phenoxy) is 2. The fourth-order valence-corrected chi connectivity index (χ4v) is 4.47. The van der Waals surface area contributed by atoms with Gasteiger partial charge in [-0.3, -0.25) is 14.8 Å². The van der Waals surface area contributed by atoms with E-state index in [1.54, 1.807) is 43.5 Å². The Balaban J connectivity index is 1.65. The fraction of sp³-hybridized carbons (Fsp3) is 0.172. The zero-order valence-electron chi connectivity index (χ0n) is 22.2. The number of carbonyl (C=O) groups is 1. The van der Waals surface area contributed by atoms with Crippen molar-refractivity contribution in [3.8, 4) is 17.6 Å². The lowest BCUT2D eigenvalue weighted by Crippen LogP contribution is -2.11. The van der Waals surface area contributed by atoms with E-state index in [9.17, 15) is 18.5 Å². The summed E-state index contributed by atoms with van der Waals surface area (Å²) in [6, 6.07) is 16.1. The van der Waals surface area contributed by atoms with Gasteiger partial charge in [-0.15, -0.1) is 0 Å². The largest absolute Gasteiger partial charge is 0.492 e. The van der Waals surface area contributed by atoms with Crippen molar-refractivity contribution < 1.29 is 22.7 Å². The Bertz CT molecular complexity index is 1760. The zero-order chi connectivity index (χ0) is 29.4. The molecule has 1 amide bonds. The topological polar surface area (TPSA) is 143 Å². The molecule has 0 aliphatic rings. The van der Waals surface area contributed by atoms with Gasteiger partial charge in [0.2, 0.25) is 5.91 Å². The first-order valence-electron chi connectivity index (χ1n) is 12.4. The predicted molar refractivity (Wildman–Crippen MR) is 158 cm³/mol. The van der Waals surface area contributed by atoms with Crippen molar-refractivity contribution >= 4 is 55.3 Å². The van der Waals surface area contributed by atoms with Crippen LogP contribution in [0.25, 0.3) is 10.9 Å². The van der Waals surface area contributed by atoms with Gasteiger partial charge in [-0.25, -0.2) is 8.42 Å². The molecule has 2 N–H and O–H groups in total. The van der Waals surface area contributed by atoms with Gasteiger partial charge in [0.1, 0.15) is 24.2 Å². The van der Waals surface area contributed by atoms with Crippen LogP contribution in [-0.4, -0.2) is 42.9 Å². The highest BCUT2D eigenvalue weighted by Gasteiger charge is 2.16. The molecule has 0 unspecified atom stereocenters. The van der Waals surface area contributed by atoms with E-state index in [0.29, 0.717) is 51.1 Å². The molecule has 0 saturated carbocycles. The van der Waals surface area contributed by atoms with E-state index in [1.165, 1.54) is 12.3 Å². The van der Waals surface area contributed by atoms with Gasteiger partial charge in [0, 0.05) is 41.9 Å². The Labute approximate surface area is 242 Å². The zero-order valence-corrected chi connectivity index (χ0v) is 23.8. The first-order chi connectivity index (χ1) is 19.7. The van der Waals surface area contributed by atoms with Crippen molar-refractivity contribution in [1.82, 2.24) is 9.97 Å². The molecular formula is C29H26ClN5O5S. The number of hydrogen-bond donors (Lipinski definition) is 2. The number of nitriles is 1. The van der Waals surface area contributed by atoms with E-state index in [-0.39, 0.29) is 17.9 Å². The van der Waals surface area contributed by atoms with Gasteiger partial charge in [0.25, 0.3) is 0 Å². The van der Waals surface area contributed by atoms with Crippen LogP contribution in [0.4, 0.5) is 17.1 Å². The summed E-state index contributed by atoms with van der Waals surface area (Å²) in [7, 11) is -3.26. The third-order valence-corrected chi connectivity index (χ3v) is 6.71. The number of nitrogens with zero attached hydrogens (tertiary/aromatic N) is 3. The molecular weight excluding hydrogens is 566 g/mol. The number of amides is 1. The first-order valence-corrected chi connectivity index (χ1v) is 14.8. The SMILES string of the molecule is CCOc1cc2ncc(C#N)c(Nc3ccc(OCc4ccccn4)c(Cl)c3)c2cc1NC(=O)/C=C/CS(C)(=O)=O. The molecule has 4 aromatic rings. The molecule has 0 saturated heterocycles. The van der Waals surface area contributed by atoms with E-state index in [0.717, 1.165) is 18.0 Å². The van der Waals surface area contributed by atoms with Gasteiger partial charge < -0.3 is 20.1 Å². The molecule has 0 radical (unpaired) electrons. The quantitative estimate of drug-likeness (QED) is 0.219. The third kappa shape index (κ3) is 7.94. The van der Waals surface area contributed by atoms with E-state index < -0.39 is 15.7 Å². The highest BCUT2D eigenvalue weighted by atomic mass is 35.5. The maximum Gasteiger partial charge on any atom is 0.248 e. The van der Waals surface area contributed by atoms with Gasteiger partial charge in [-0.05, 0) is 43.3 Å². The molecule has 210 valence electrons. The summed E-state index contributed by atoms with van der Waals surface area (Å²) >= 11 is 6.49. The Morgan fingerprint density at radius 1 is 1.12 bits per heavy atom. The number of sulfone groups is 1. The maximum atomic E-state index is 12.5. The molecule has 10 nitrogen and oxygen atoms in total. The van der Waals surface area contributed by atoms with Crippen LogP contribution < -0.4 is 20.1 Å². The van der Waals surface area contributed by atoms with Gasteiger partial charge in [0.15, 0.2) is 9.84 Å². The van der Waals surface area contributed by atoms with Crippen LogP contribution >= 0.6 is 11.6 Å². The molecule has 0 spiro atoms. The number of halogens is 1. The standard InChI is InChI=1S/C29H26ClN5O5S/c1-3-39-27-15-24-22(14-25(27)35-28(36)8-6-12-41(2,37)38)29(19(16-31)17-33-24)34-20-9-10-26(23(30)13-20)40-18-21-7-4-5-11-32-21/h4-11,13-15,17H,3,12,18H2,1-2H3,(H,33,34)(H,35,36)/b8-6+. The second kappa shape index (κ2) is 13.1. The van der Waals surface area contributed by atoms with Gasteiger partial charge in [0.05, 0.1) is 45.5 Å². The number of hydrogen-bond acceptors (Lipinski definition) is 9. The Hall–Kier alpha value is -4.66. The Kier molecular flexibility index (Phi) is 9.39. The minimum Gasteiger partial charge on any atom is -0.492 e. The van der Waals surface area contributed by atoms with E-state index in [4.69, 9.17) is 21.1 Å². The molecule has 2 heterocycles. The molecule has 0 fully saturated rings. The summed E-state index contributed by atoms with van der Waals surface area (Å²) < 4.78 is 34.3. The second-order valence-electron chi connectivity index (χ2n) is 8.82. The number of carbonyl (C=O) groups excluding carboxylic acids is 1. The van der Waals surface area contributed by atoms with Gasteiger partial charge in [-0.1, -0.05) is 23.7 Å². The van der Waals surface area contributed by atoms with Gasteiger partial charge >= 0.3 is 0 Å². The van der Waals surface area contributed by atoms with Crippen LogP contribution in [-0.2, 0) is 21.2 Å². The van der Waals surface area contributed by atoms with Crippen LogP contribution in [0.5, 0.6) is 11.5 Å². The minimum atomic E-state index is -3.26. The lowest BCUT2D eigenvalue weighted by atomic mass is 10.1. The average molecular weight is 592 g/mol. The average Bonchev–Trinajstić information content (AvgIpc) is 2.93. The molecule has 0 bridgehead atoms. The van der Waals surface area contributed by atoms with Gasteiger partial charge in [-0.2, -0.15) is 5.26 Å². The summed E-state index contributed by atoms with van der Waals surface area (Å²) in [5, 5.41) is 16.7. The van der Waals surface area contributed by atoms with Crippen LogP contribution in [0, 0.1) is 11.3 Å². The number of rotatable bonds is 11. The van der Waals surface area contributed by atoms with Crippen molar-refractivity contribution in [3.05, 3.63) is 89.4 Å². The maximum absolute atomic E-state index is 12.5. The van der Waals surface area contributed by atoms with Crippen molar-refractivity contribution in [2.24, 2.45) is 0 Å². The highest BCUT2D eigenvalue weighted by Crippen LogP contribution is 2.37. The molecule has 2 aromatic carbocycles. The Morgan fingerprint density at radius 3 is 2.63 bits per heavy atom. The van der Waals surface area contributed by atoms with Crippen molar-refractivity contribution in [2.45, 2.75) is 13.5 Å². The summed E-state index contributed by atoms with van der Waals surface area (Å²) in [5.74, 6) is 0.0276. The lowest BCUT2D eigenvalue weighted by molar-refractivity contribution is -0.111. The lowest BCUT2D eigenvalue weighted by Gasteiger charge is -2.16. The fourth-order valence-electron chi connectivity index (χ4n) is 3.79. The summed E-state index contributed by atoms with van der Waals surface area (Å²) in [6.07, 6.45) is 6.61. The molecule has 41 heavy (non-hydrogen) atoms. The number of pyridine rings is 2. The van der Waals surface area contributed by atoms with E-state index in [2.05, 4.69) is 26.7 Å². The van der Waals surface area contributed by atoms with Crippen LogP contribution in [0.2, 0.25) is 5.02 Å². The van der Waals surface area contributed by atoms with Crippen molar-refractivity contribution in [3.63, 3.8) is 0 Å². The summed E-state index contributed by atoms with van der Waals surface area (Å²) in [6.45, 7) is 2.38. The molecule has 0 aliphatic carbocycles. The molecule has 0 aliphatic heterocycles. The second-order valence-corrected chi connectivity index (χ2v) is 11.4. The molecule has 12 heteroatoms.